The van der Waals surface area contributed by atoms with Gasteiger partial charge in [-0.2, -0.15) is 9.97 Å². The van der Waals surface area contributed by atoms with Crippen LogP contribution in [0, 0.1) is 5.92 Å². The number of hydrogen-bond donors (Lipinski definition) is 3. The number of carbonyl (C=O) groups excluding carboxylic acids is 2. The van der Waals surface area contributed by atoms with Gasteiger partial charge in [0.1, 0.15) is 12.2 Å². The van der Waals surface area contributed by atoms with Gasteiger partial charge < -0.3 is 4.90 Å². The molecule has 0 radical (unpaired) electrons. The minimum Gasteiger partial charge on any atom is -0.309 e. The average molecular weight is 367 g/mol. The van der Waals surface area contributed by atoms with E-state index in [9.17, 15) is 14.8 Å². The van der Waals surface area contributed by atoms with Crippen LogP contribution in [0.25, 0.3) is 0 Å². The summed E-state index contributed by atoms with van der Waals surface area (Å²) in [5.74, 6) is -0.00496. The number of rotatable bonds is 13. The quantitative estimate of drug-likeness (QED) is 0.199. The van der Waals surface area contributed by atoms with E-state index in [0.717, 1.165) is 25.8 Å². The number of nitrogens with one attached hydrogen (secondary N) is 2. The van der Waals surface area contributed by atoms with E-state index < -0.39 is 5.92 Å². The van der Waals surface area contributed by atoms with Crippen LogP contribution in [0.2, 0.25) is 0 Å². The summed E-state index contributed by atoms with van der Waals surface area (Å²) < 4.78 is 0. The van der Waals surface area contributed by atoms with E-state index in [0.29, 0.717) is 23.7 Å². The summed E-state index contributed by atoms with van der Waals surface area (Å²) in [5.41, 5.74) is 5.21. The van der Waals surface area contributed by atoms with Crippen LogP contribution in [-0.4, -0.2) is 69.6 Å². The van der Waals surface area contributed by atoms with E-state index in [1.54, 1.807) is 0 Å². The monoisotopic (exact) mass is 367 g/mol. The lowest BCUT2D eigenvalue weighted by molar-refractivity contribution is -0.154. The van der Waals surface area contributed by atoms with Crippen molar-refractivity contribution in [3.63, 3.8) is 0 Å². The average Bonchev–Trinajstić information content (AvgIpc) is 2.64. The Balaban J connectivity index is 2.59. The van der Waals surface area contributed by atoms with Gasteiger partial charge in [0, 0.05) is 13.0 Å². The standard InChI is InChI=1S/C16H29N7O3/c1-4-5-6-7-13(10-23(26)12-24)15(25)20-21-16-18-11-17-14(19-16)8-9-22(2)3/h11-13,26H,4-10H2,1-3H3,(H,20,25)(H,17,18,19,21)/t13-/m1/s1. The van der Waals surface area contributed by atoms with Gasteiger partial charge in [0.05, 0.1) is 12.5 Å². The molecule has 0 fully saturated rings. The summed E-state index contributed by atoms with van der Waals surface area (Å²) in [7, 11) is 3.92. The number of hydroxylamine groups is 2. The third kappa shape index (κ3) is 8.67. The Kier molecular flexibility index (Phi) is 10.1. The van der Waals surface area contributed by atoms with Crippen molar-refractivity contribution in [2.75, 3.05) is 32.6 Å². The van der Waals surface area contributed by atoms with Gasteiger partial charge in [-0.25, -0.2) is 10.0 Å². The van der Waals surface area contributed by atoms with Crippen LogP contribution < -0.4 is 10.9 Å². The number of amides is 2. The zero-order valence-corrected chi connectivity index (χ0v) is 15.7. The minimum atomic E-state index is -0.528. The van der Waals surface area contributed by atoms with Crippen molar-refractivity contribution in [1.29, 1.82) is 0 Å². The lowest BCUT2D eigenvalue weighted by Gasteiger charge is -2.19. The predicted molar refractivity (Wildman–Crippen MR) is 96.0 cm³/mol. The Hall–Kier alpha value is -2.33. The molecule has 3 N–H and O–H groups in total. The van der Waals surface area contributed by atoms with E-state index in [1.807, 2.05) is 19.0 Å². The van der Waals surface area contributed by atoms with Crippen molar-refractivity contribution in [2.45, 2.75) is 39.0 Å². The van der Waals surface area contributed by atoms with Crippen LogP contribution >= 0.6 is 0 Å². The molecule has 0 aliphatic rings. The largest absolute Gasteiger partial charge is 0.309 e. The van der Waals surface area contributed by atoms with Crippen LogP contribution in [-0.2, 0) is 16.0 Å². The van der Waals surface area contributed by atoms with Crippen molar-refractivity contribution in [3.8, 4) is 0 Å². The number of likely N-dealkylation sites (N-methyl/N-ethyl adjacent to an activating group) is 1. The molecule has 0 unspecified atom stereocenters. The van der Waals surface area contributed by atoms with Gasteiger partial charge >= 0.3 is 0 Å². The molecule has 1 atom stereocenters. The summed E-state index contributed by atoms with van der Waals surface area (Å²) in [6.07, 6.45) is 5.73. The molecule has 26 heavy (non-hydrogen) atoms. The molecule has 0 aliphatic carbocycles. The SMILES string of the molecule is CCCCC[C@H](CN(O)C=O)C(=O)NNc1ncnc(CCN(C)C)n1. The van der Waals surface area contributed by atoms with Crippen molar-refractivity contribution in [2.24, 2.45) is 5.92 Å². The number of aromatic nitrogens is 3. The van der Waals surface area contributed by atoms with Crippen LogP contribution in [0.5, 0.6) is 0 Å². The number of nitrogens with zero attached hydrogens (tertiary/aromatic N) is 5. The first-order chi connectivity index (χ1) is 12.5. The number of unbranched alkanes of at least 4 members (excludes halogenated alkanes) is 2. The smallest absolute Gasteiger partial charge is 0.245 e. The van der Waals surface area contributed by atoms with Crippen molar-refractivity contribution < 1.29 is 14.8 Å². The molecule has 1 heterocycles. The maximum atomic E-state index is 12.4. The highest BCUT2D eigenvalue weighted by molar-refractivity contribution is 5.80. The Bertz CT molecular complexity index is 556. The predicted octanol–water partition coefficient (Wildman–Crippen LogP) is 0.463. The second-order valence-corrected chi connectivity index (χ2v) is 6.31. The van der Waals surface area contributed by atoms with Crippen molar-refractivity contribution >= 4 is 18.3 Å². The van der Waals surface area contributed by atoms with Gasteiger partial charge in [-0.3, -0.25) is 25.6 Å². The fourth-order valence-electron chi connectivity index (χ4n) is 2.27. The number of anilines is 1. The second-order valence-electron chi connectivity index (χ2n) is 6.31. The van der Waals surface area contributed by atoms with E-state index in [2.05, 4.69) is 32.7 Å². The lowest BCUT2D eigenvalue weighted by Crippen LogP contribution is -2.40. The molecule has 10 nitrogen and oxygen atoms in total. The van der Waals surface area contributed by atoms with E-state index in [-0.39, 0.29) is 24.8 Å². The minimum absolute atomic E-state index is 0.0635. The molecule has 0 aliphatic heterocycles. The summed E-state index contributed by atoms with van der Waals surface area (Å²) in [5, 5.41) is 9.87. The van der Waals surface area contributed by atoms with Gasteiger partial charge in [-0.05, 0) is 20.5 Å². The summed E-state index contributed by atoms with van der Waals surface area (Å²) in [6.45, 7) is 2.80. The first kappa shape index (κ1) is 21.7. The van der Waals surface area contributed by atoms with Crippen molar-refractivity contribution in [1.82, 2.24) is 30.3 Å². The van der Waals surface area contributed by atoms with Gasteiger partial charge in [-0.1, -0.05) is 26.2 Å². The van der Waals surface area contributed by atoms with Crippen LogP contribution in [0.4, 0.5) is 5.95 Å². The van der Waals surface area contributed by atoms with Crippen molar-refractivity contribution in [3.05, 3.63) is 12.2 Å². The van der Waals surface area contributed by atoms with Crippen LogP contribution in [0.15, 0.2) is 6.33 Å². The Morgan fingerprint density at radius 1 is 1.35 bits per heavy atom. The topological polar surface area (TPSA) is 124 Å². The summed E-state index contributed by atoms with van der Waals surface area (Å²) >= 11 is 0. The zero-order valence-electron chi connectivity index (χ0n) is 15.7. The maximum Gasteiger partial charge on any atom is 0.245 e. The number of carbonyl (C=O) groups is 2. The highest BCUT2D eigenvalue weighted by Crippen LogP contribution is 2.11. The number of hydrazine groups is 1. The molecular formula is C16H29N7O3. The molecular weight excluding hydrogens is 338 g/mol. The zero-order chi connectivity index (χ0) is 19.4. The Morgan fingerprint density at radius 2 is 2.12 bits per heavy atom. The van der Waals surface area contributed by atoms with E-state index >= 15 is 0 Å². The van der Waals surface area contributed by atoms with Crippen LogP contribution in [0.1, 0.15) is 38.4 Å². The van der Waals surface area contributed by atoms with E-state index in [4.69, 9.17) is 0 Å². The summed E-state index contributed by atoms with van der Waals surface area (Å²) in [4.78, 5) is 37.3. The molecule has 10 heteroatoms. The fourth-order valence-corrected chi connectivity index (χ4v) is 2.27. The molecule has 0 saturated heterocycles. The molecule has 1 aromatic rings. The molecule has 1 rings (SSSR count). The number of hydrogen-bond acceptors (Lipinski definition) is 8. The Labute approximate surface area is 153 Å². The van der Waals surface area contributed by atoms with Gasteiger partial charge in [0.15, 0.2) is 0 Å². The van der Waals surface area contributed by atoms with Gasteiger partial charge in [0.25, 0.3) is 0 Å². The second kappa shape index (κ2) is 12.1. The molecule has 0 spiro atoms. The molecule has 0 bridgehead atoms. The molecule has 1 aromatic heterocycles. The summed E-state index contributed by atoms with van der Waals surface area (Å²) in [6, 6.07) is 0. The fraction of sp³-hybridized carbons (Fsp3) is 0.688. The molecule has 146 valence electrons. The van der Waals surface area contributed by atoms with Gasteiger partial charge in [0.2, 0.25) is 18.3 Å². The molecule has 2 amide bonds. The normalized spacial score (nSPS) is 11.9. The third-order valence-corrected chi connectivity index (χ3v) is 3.76. The highest BCUT2D eigenvalue weighted by Gasteiger charge is 2.20. The third-order valence-electron chi connectivity index (χ3n) is 3.76. The first-order valence-corrected chi connectivity index (χ1v) is 8.75. The van der Waals surface area contributed by atoms with E-state index in [1.165, 1.54) is 6.33 Å². The first-order valence-electron chi connectivity index (χ1n) is 8.75. The highest BCUT2D eigenvalue weighted by atomic mass is 16.5. The maximum absolute atomic E-state index is 12.4. The van der Waals surface area contributed by atoms with Gasteiger partial charge in [-0.15, -0.1) is 0 Å². The molecule has 0 saturated carbocycles. The van der Waals surface area contributed by atoms with Crippen LogP contribution in [0.3, 0.4) is 0 Å². The molecule has 0 aromatic carbocycles. The Morgan fingerprint density at radius 3 is 2.77 bits per heavy atom. The lowest BCUT2D eigenvalue weighted by atomic mass is 10.0.